The van der Waals surface area contributed by atoms with E-state index in [0.29, 0.717) is 35.9 Å². The van der Waals surface area contributed by atoms with E-state index in [1.165, 1.54) is 11.6 Å². The number of carbonyl (C=O) groups excluding carboxylic acids is 1. The molecule has 0 atom stereocenters. The lowest BCUT2D eigenvalue weighted by Gasteiger charge is -2.34. The number of para-hydroxylation sites is 1. The molecule has 34 heavy (non-hydrogen) atoms. The van der Waals surface area contributed by atoms with Gasteiger partial charge in [0.1, 0.15) is 0 Å². The van der Waals surface area contributed by atoms with Gasteiger partial charge in [0, 0.05) is 55.1 Å². The Bertz CT molecular complexity index is 1350. The highest BCUT2D eigenvalue weighted by Gasteiger charge is 2.24. The zero-order valence-electron chi connectivity index (χ0n) is 19.2. The van der Waals surface area contributed by atoms with Crippen LogP contribution in [0.15, 0.2) is 63.9 Å². The number of hydrogen-bond donors (Lipinski definition) is 1. The summed E-state index contributed by atoms with van der Waals surface area (Å²) in [6.07, 6.45) is 1.62. The fraction of sp³-hybridized carbons (Fsp3) is 0.308. The number of fused-ring (bicyclic) bond motifs is 1. The molecule has 8 nitrogen and oxygen atoms in total. The molecular formula is C26H27N5O3. The van der Waals surface area contributed by atoms with Gasteiger partial charge in [-0.2, -0.15) is 4.98 Å². The highest BCUT2D eigenvalue weighted by atomic mass is 16.5. The Hall–Kier alpha value is -3.78. The van der Waals surface area contributed by atoms with Crippen LogP contribution in [0.5, 0.6) is 0 Å². The SMILES string of the molecule is Cc1ccc(-c2noc(CCCN3CCN(C(=O)c4cc(=O)[nH]c5ccccc45)CC3)n2)cc1. The monoisotopic (exact) mass is 457 g/mol. The lowest BCUT2D eigenvalue weighted by atomic mass is 10.1. The van der Waals surface area contributed by atoms with E-state index in [2.05, 4.69) is 20.0 Å². The summed E-state index contributed by atoms with van der Waals surface area (Å²) in [5.74, 6) is 1.18. The van der Waals surface area contributed by atoms with E-state index >= 15 is 0 Å². The molecule has 1 saturated heterocycles. The zero-order valence-corrected chi connectivity index (χ0v) is 19.2. The number of amides is 1. The molecule has 4 aromatic rings. The molecule has 1 aliphatic rings. The molecular weight excluding hydrogens is 430 g/mol. The number of piperazine rings is 1. The van der Waals surface area contributed by atoms with Gasteiger partial charge in [-0.1, -0.05) is 53.2 Å². The Balaban J connectivity index is 1.13. The molecule has 1 N–H and O–H groups in total. The maximum atomic E-state index is 13.1. The molecule has 1 aliphatic heterocycles. The molecule has 8 heteroatoms. The summed E-state index contributed by atoms with van der Waals surface area (Å²) in [6, 6.07) is 16.9. The summed E-state index contributed by atoms with van der Waals surface area (Å²) in [4.78, 5) is 36.6. The van der Waals surface area contributed by atoms with Gasteiger partial charge in [-0.3, -0.25) is 14.5 Å². The Kier molecular flexibility index (Phi) is 6.22. The van der Waals surface area contributed by atoms with Crippen molar-refractivity contribution in [3.05, 3.63) is 82.0 Å². The van der Waals surface area contributed by atoms with Crippen molar-refractivity contribution in [3.63, 3.8) is 0 Å². The third-order valence-electron chi connectivity index (χ3n) is 6.28. The van der Waals surface area contributed by atoms with Crippen molar-refractivity contribution in [3.8, 4) is 11.4 Å². The van der Waals surface area contributed by atoms with E-state index < -0.39 is 0 Å². The van der Waals surface area contributed by atoms with Crippen molar-refractivity contribution in [2.75, 3.05) is 32.7 Å². The number of hydrogen-bond acceptors (Lipinski definition) is 6. The van der Waals surface area contributed by atoms with Crippen LogP contribution >= 0.6 is 0 Å². The van der Waals surface area contributed by atoms with Crippen LogP contribution in [0.3, 0.4) is 0 Å². The minimum absolute atomic E-state index is 0.0866. The summed E-state index contributed by atoms with van der Waals surface area (Å²) in [5, 5.41) is 4.88. The van der Waals surface area contributed by atoms with E-state index in [9.17, 15) is 9.59 Å². The van der Waals surface area contributed by atoms with Crippen LogP contribution in [0.25, 0.3) is 22.3 Å². The Morgan fingerprint density at radius 3 is 2.62 bits per heavy atom. The molecule has 2 aromatic heterocycles. The summed E-state index contributed by atoms with van der Waals surface area (Å²) in [7, 11) is 0. The molecule has 3 heterocycles. The molecule has 2 aromatic carbocycles. The van der Waals surface area contributed by atoms with E-state index in [4.69, 9.17) is 4.52 Å². The average Bonchev–Trinajstić information content (AvgIpc) is 3.33. The second-order valence-corrected chi connectivity index (χ2v) is 8.71. The fourth-order valence-electron chi connectivity index (χ4n) is 4.36. The third-order valence-corrected chi connectivity index (χ3v) is 6.28. The summed E-state index contributed by atoms with van der Waals surface area (Å²) in [6.45, 7) is 5.82. The molecule has 0 saturated carbocycles. The van der Waals surface area contributed by atoms with Gasteiger partial charge in [0.05, 0.1) is 5.56 Å². The Morgan fingerprint density at radius 1 is 1.06 bits per heavy atom. The third kappa shape index (κ3) is 4.77. The first-order chi connectivity index (χ1) is 16.6. The highest BCUT2D eigenvalue weighted by Crippen LogP contribution is 2.19. The van der Waals surface area contributed by atoms with Gasteiger partial charge in [-0.15, -0.1) is 0 Å². The van der Waals surface area contributed by atoms with Crippen LogP contribution in [0.2, 0.25) is 0 Å². The van der Waals surface area contributed by atoms with Crippen LogP contribution in [-0.4, -0.2) is 63.6 Å². The largest absolute Gasteiger partial charge is 0.339 e. The quantitative estimate of drug-likeness (QED) is 0.477. The number of aromatic nitrogens is 3. The molecule has 0 spiro atoms. The Labute approximate surface area is 197 Å². The number of rotatable bonds is 6. The fourth-order valence-corrected chi connectivity index (χ4v) is 4.36. The topological polar surface area (TPSA) is 95.3 Å². The van der Waals surface area contributed by atoms with E-state index in [0.717, 1.165) is 43.4 Å². The van der Waals surface area contributed by atoms with Crippen LogP contribution in [0.1, 0.15) is 28.2 Å². The number of aryl methyl sites for hydroxylation is 2. The van der Waals surface area contributed by atoms with Gasteiger partial charge in [-0.25, -0.2) is 0 Å². The number of H-pyrrole nitrogens is 1. The van der Waals surface area contributed by atoms with Gasteiger partial charge in [0.25, 0.3) is 5.91 Å². The van der Waals surface area contributed by atoms with Crippen molar-refractivity contribution in [1.82, 2.24) is 24.9 Å². The van der Waals surface area contributed by atoms with E-state index in [-0.39, 0.29) is 11.5 Å². The van der Waals surface area contributed by atoms with Gasteiger partial charge in [0.2, 0.25) is 17.3 Å². The predicted octanol–water partition coefficient (Wildman–Crippen LogP) is 3.28. The summed E-state index contributed by atoms with van der Waals surface area (Å²) < 4.78 is 5.42. The average molecular weight is 458 g/mol. The van der Waals surface area contributed by atoms with E-state index in [1.807, 2.05) is 60.4 Å². The second-order valence-electron chi connectivity index (χ2n) is 8.71. The summed E-state index contributed by atoms with van der Waals surface area (Å²) in [5.41, 5.74) is 3.04. The normalized spacial score (nSPS) is 14.6. The first-order valence-electron chi connectivity index (χ1n) is 11.6. The van der Waals surface area contributed by atoms with Gasteiger partial charge in [-0.05, 0) is 26.0 Å². The summed E-state index contributed by atoms with van der Waals surface area (Å²) >= 11 is 0. The second kappa shape index (κ2) is 9.61. The minimum Gasteiger partial charge on any atom is -0.339 e. The van der Waals surface area contributed by atoms with Crippen LogP contribution < -0.4 is 5.56 Å². The molecule has 174 valence electrons. The van der Waals surface area contributed by atoms with Crippen molar-refractivity contribution in [2.45, 2.75) is 19.8 Å². The smallest absolute Gasteiger partial charge is 0.254 e. The first-order valence-corrected chi connectivity index (χ1v) is 11.6. The molecule has 1 amide bonds. The van der Waals surface area contributed by atoms with E-state index in [1.54, 1.807) is 0 Å². The molecule has 0 bridgehead atoms. The maximum Gasteiger partial charge on any atom is 0.254 e. The lowest BCUT2D eigenvalue weighted by molar-refractivity contribution is 0.0637. The molecule has 0 aliphatic carbocycles. The van der Waals surface area contributed by atoms with Crippen LogP contribution in [0, 0.1) is 6.92 Å². The number of nitrogens with zero attached hydrogens (tertiary/aromatic N) is 4. The molecule has 0 unspecified atom stereocenters. The molecule has 1 fully saturated rings. The predicted molar refractivity (Wildman–Crippen MR) is 130 cm³/mol. The number of aromatic amines is 1. The molecule has 0 radical (unpaired) electrons. The van der Waals surface area contributed by atoms with Crippen LogP contribution in [-0.2, 0) is 6.42 Å². The Morgan fingerprint density at radius 2 is 1.82 bits per heavy atom. The zero-order chi connectivity index (χ0) is 23.5. The number of nitrogens with one attached hydrogen (secondary N) is 1. The molecule has 5 rings (SSSR count). The van der Waals surface area contributed by atoms with Crippen molar-refractivity contribution >= 4 is 16.8 Å². The van der Waals surface area contributed by atoms with Gasteiger partial charge >= 0.3 is 0 Å². The van der Waals surface area contributed by atoms with Crippen molar-refractivity contribution in [1.29, 1.82) is 0 Å². The minimum atomic E-state index is -0.257. The number of carbonyl (C=O) groups is 1. The van der Waals surface area contributed by atoms with Gasteiger partial charge in [0.15, 0.2) is 0 Å². The number of benzene rings is 2. The first kappa shape index (κ1) is 22.0. The number of pyridine rings is 1. The van der Waals surface area contributed by atoms with Crippen molar-refractivity contribution in [2.24, 2.45) is 0 Å². The van der Waals surface area contributed by atoms with Gasteiger partial charge < -0.3 is 14.4 Å². The maximum absolute atomic E-state index is 13.1. The standard InChI is InChI=1S/C26H27N5O3/c1-18-8-10-19(11-9-18)25-28-24(34-29-25)7-4-12-30-13-15-31(16-14-30)26(33)21-17-23(32)27-22-6-3-2-5-20(21)22/h2-3,5-6,8-11,17H,4,7,12-16H2,1H3,(H,27,32). The lowest BCUT2D eigenvalue weighted by Crippen LogP contribution is -2.49. The highest BCUT2D eigenvalue weighted by molar-refractivity contribution is 6.05. The van der Waals surface area contributed by atoms with Crippen LogP contribution in [0.4, 0.5) is 0 Å². The van der Waals surface area contributed by atoms with Crippen molar-refractivity contribution < 1.29 is 9.32 Å².